The van der Waals surface area contributed by atoms with E-state index >= 15 is 0 Å². The number of allylic oxidation sites excluding steroid dienone is 3. The van der Waals surface area contributed by atoms with Crippen LogP contribution in [-0.2, 0) is 4.79 Å². The van der Waals surface area contributed by atoms with Gasteiger partial charge in [-0.15, -0.1) is 0 Å². The second kappa shape index (κ2) is 6.06. The largest absolute Gasteiger partial charge is 0.298 e. The van der Waals surface area contributed by atoms with Gasteiger partial charge >= 0.3 is 0 Å². The predicted molar refractivity (Wildman–Crippen MR) is 68.4 cm³/mol. The maximum absolute atomic E-state index is 10.7. The smallest absolute Gasteiger partial charge is 0.145 e. The summed E-state index contributed by atoms with van der Waals surface area (Å²) in [5.41, 5.74) is 3.16. The van der Waals surface area contributed by atoms with Crippen molar-refractivity contribution < 1.29 is 4.79 Å². The topological polar surface area (TPSA) is 17.1 Å². The lowest BCUT2D eigenvalue weighted by Gasteiger charge is -2.17. The van der Waals surface area contributed by atoms with Crippen LogP contribution in [0.1, 0.15) is 31.7 Å². The second-order valence-corrected chi connectivity index (χ2v) is 3.98. The highest BCUT2D eigenvalue weighted by Gasteiger charge is 2.13. The third-order valence-corrected chi connectivity index (χ3v) is 2.84. The maximum atomic E-state index is 10.7. The molecule has 0 aliphatic heterocycles. The Bertz CT molecular complexity index is 387. The molecule has 0 N–H and O–H groups in total. The minimum absolute atomic E-state index is 0.267. The number of aldehydes is 1. The average Bonchev–Trinajstić information content (AvgIpc) is 2.35. The van der Waals surface area contributed by atoms with Gasteiger partial charge < -0.3 is 0 Å². The summed E-state index contributed by atoms with van der Waals surface area (Å²) in [6.07, 6.45) is 3.64. The average molecular weight is 214 g/mol. The summed E-state index contributed by atoms with van der Waals surface area (Å²) >= 11 is 0. The third kappa shape index (κ3) is 3.20. The first-order valence-corrected chi connectivity index (χ1v) is 5.49. The lowest BCUT2D eigenvalue weighted by molar-refractivity contribution is -0.105. The van der Waals surface area contributed by atoms with Crippen molar-refractivity contribution in [1.29, 1.82) is 0 Å². The summed E-state index contributed by atoms with van der Waals surface area (Å²) in [6, 6.07) is 10.2. The lowest BCUT2D eigenvalue weighted by Crippen LogP contribution is -2.02. The van der Waals surface area contributed by atoms with Crippen molar-refractivity contribution >= 4 is 6.29 Å². The number of rotatable bonds is 5. The SMILES string of the molecule is C=C(C=O)CC(/C(C)=C/C)c1ccccc1. The molecule has 0 aliphatic rings. The lowest BCUT2D eigenvalue weighted by atomic mass is 9.87. The van der Waals surface area contributed by atoms with Crippen molar-refractivity contribution in [1.82, 2.24) is 0 Å². The summed E-state index contributed by atoms with van der Waals surface area (Å²) in [5.74, 6) is 0.267. The van der Waals surface area contributed by atoms with Gasteiger partial charge in [-0.2, -0.15) is 0 Å². The fourth-order valence-corrected chi connectivity index (χ4v) is 1.74. The van der Waals surface area contributed by atoms with Crippen LogP contribution in [0.25, 0.3) is 0 Å². The molecule has 1 atom stereocenters. The fraction of sp³-hybridized carbons (Fsp3) is 0.267. The molecule has 1 heteroatoms. The van der Waals surface area contributed by atoms with Gasteiger partial charge in [0.05, 0.1) is 0 Å². The summed E-state index contributed by atoms with van der Waals surface area (Å²) in [6.45, 7) is 7.88. The van der Waals surface area contributed by atoms with Gasteiger partial charge in [0.25, 0.3) is 0 Å². The van der Waals surface area contributed by atoms with Gasteiger partial charge in [0.15, 0.2) is 0 Å². The van der Waals surface area contributed by atoms with Crippen LogP contribution in [0.4, 0.5) is 0 Å². The molecule has 0 heterocycles. The van der Waals surface area contributed by atoms with Crippen LogP contribution >= 0.6 is 0 Å². The molecule has 0 amide bonds. The summed E-state index contributed by atoms with van der Waals surface area (Å²) < 4.78 is 0. The minimum atomic E-state index is 0.267. The summed E-state index contributed by atoms with van der Waals surface area (Å²) in [7, 11) is 0. The Morgan fingerprint density at radius 3 is 2.50 bits per heavy atom. The van der Waals surface area contributed by atoms with Crippen LogP contribution in [0.2, 0.25) is 0 Å². The van der Waals surface area contributed by atoms with E-state index in [1.165, 1.54) is 11.1 Å². The number of carbonyl (C=O) groups is 1. The molecule has 0 saturated carbocycles. The number of carbonyl (C=O) groups excluding carboxylic acids is 1. The van der Waals surface area contributed by atoms with Crippen molar-refractivity contribution in [2.24, 2.45) is 0 Å². The number of benzene rings is 1. The highest BCUT2D eigenvalue weighted by atomic mass is 16.1. The minimum Gasteiger partial charge on any atom is -0.298 e. The Kier molecular flexibility index (Phi) is 4.71. The van der Waals surface area contributed by atoms with E-state index in [0.29, 0.717) is 12.0 Å². The number of hydrogen-bond acceptors (Lipinski definition) is 1. The van der Waals surface area contributed by atoms with E-state index < -0.39 is 0 Å². The Labute approximate surface area is 97.5 Å². The molecule has 0 fully saturated rings. The zero-order valence-electron chi connectivity index (χ0n) is 9.94. The Balaban J connectivity index is 2.97. The summed E-state index contributed by atoms with van der Waals surface area (Å²) in [4.78, 5) is 10.7. The van der Waals surface area contributed by atoms with E-state index in [1.807, 2.05) is 25.1 Å². The molecule has 0 radical (unpaired) electrons. The molecular weight excluding hydrogens is 196 g/mol. The molecule has 0 aliphatic carbocycles. The molecule has 1 aromatic carbocycles. The van der Waals surface area contributed by atoms with E-state index in [1.54, 1.807) is 0 Å². The molecule has 16 heavy (non-hydrogen) atoms. The van der Waals surface area contributed by atoms with Crippen LogP contribution < -0.4 is 0 Å². The van der Waals surface area contributed by atoms with Crippen LogP contribution in [0.15, 0.2) is 54.1 Å². The Hall–Kier alpha value is -1.63. The highest BCUT2D eigenvalue weighted by Crippen LogP contribution is 2.29. The third-order valence-electron chi connectivity index (χ3n) is 2.84. The van der Waals surface area contributed by atoms with E-state index in [4.69, 9.17) is 0 Å². The normalized spacial score (nSPS) is 13.2. The second-order valence-electron chi connectivity index (χ2n) is 3.98. The fourth-order valence-electron chi connectivity index (χ4n) is 1.74. The standard InChI is InChI=1S/C15H18O/c1-4-13(3)15(10-12(2)11-16)14-8-6-5-7-9-14/h4-9,11,15H,2,10H2,1,3H3/b13-4+. The Morgan fingerprint density at radius 2 is 2.00 bits per heavy atom. The van der Waals surface area contributed by atoms with Crippen LogP contribution in [-0.4, -0.2) is 6.29 Å². The monoisotopic (exact) mass is 214 g/mol. The molecule has 0 saturated heterocycles. The van der Waals surface area contributed by atoms with E-state index in [9.17, 15) is 4.79 Å². The molecule has 84 valence electrons. The van der Waals surface area contributed by atoms with Crippen molar-refractivity contribution in [2.45, 2.75) is 26.2 Å². The van der Waals surface area contributed by atoms with Crippen molar-refractivity contribution in [2.75, 3.05) is 0 Å². The molecule has 1 unspecified atom stereocenters. The number of hydrogen-bond donors (Lipinski definition) is 0. The van der Waals surface area contributed by atoms with Gasteiger partial charge in [0.2, 0.25) is 0 Å². The molecular formula is C15H18O. The van der Waals surface area contributed by atoms with Gasteiger partial charge in [-0.1, -0.05) is 48.6 Å². The molecule has 0 bridgehead atoms. The molecule has 1 aromatic rings. The zero-order chi connectivity index (χ0) is 12.0. The maximum Gasteiger partial charge on any atom is 0.145 e. The van der Waals surface area contributed by atoms with Gasteiger partial charge in [0.1, 0.15) is 6.29 Å². The van der Waals surface area contributed by atoms with Gasteiger partial charge in [-0.25, -0.2) is 0 Å². The first kappa shape index (κ1) is 12.4. The van der Waals surface area contributed by atoms with Gasteiger partial charge in [-0.3, -0.25) is 4.79 Å². The van der Waals surface area contributed by atoms with Crippen molar-refractivity contribution in [3.8, 4) is 0 Å². The van der Waals surface area contributed by atoms with Gasteiger partial charge in [-0.05, 0) is 31.4 Å². The Morgan fingerprint density at radius 1 is 1.38 bits per heavy atom. The summed E-state index contributed by atoms with van der Waals surface area (Å²) in [5, 5.41) is 0. The van der Waals surface area contributed by atoms with Crippen LogP contribution in [0.3, 0.4) is 0 Å². The molecule has 1 nitrogen and oxygen atoms in total. The van der Waals surface area contributed by atoms with Gasteiger partial charge in [0, 0.05) is 5.92 Å². The molecule has 1 rings (SSSR count). The molecule has 0 spiro atoms. The quantitative estimate of drug-likeness (QED) is 0.413. The highest BCUT2D eigenvalue weighted by molar-refractivity contribution is 5.72. The predicted octanol–water partition coefficient (Wildman–Crippen LogP) is 3.88. The van der Waals surface area contributed by atoms with Crippen molar-refractivity contribution in [3.63, 3.8) is 0 Å². The first-order valence-electron chi connectivity index (χ1n) is 5.49. The van der Waals surface area contributed by atoms with Crippen LogP contribution in [0.5, 0.6) is 0 Å². The van der Waals surface area contributed by atoms with E-state index in [0.717, 1.165) is 6.29 Å². The van der Waals surface area contributed by atoms with Crippen LogP contribution in [0, 0.1) is 0 Å². The van der Waals surface area contributed by atoms with Crippen molar-refractivity contribution in [3.05, 3.63) is 59.7 Å². The first-order chi connectivity index (χ1) is 7.69. The van der Waals surface area contributed by atoms with E-state index in [2.05, 4.69) is 31.7 Å². The van der Waals surface area contributed by atoms with E-state index in [-0.39, 0.29) is 5.92 Å². The zero-order valence-corrected chi connectivity index (χ0v) is 9.94. The molecule has 0 aromatic heterocycles.